The Morgan fingerprint density at radius 1 is 1.03 bits per heavy atom. The predicted octanol–water partition coefficient (Wildman–Crippen LogP) is 6.38. The van der Waals surface area contributed by atoms with Crippen molar-refractivity contribution in [2.45, 2.75) is 6.92 Å². The number of carbonyl (C=O) groups is 1. The van der Waals surface area contributed by atoms with E-state index in [4.69, 9.17) is 35.4 Å². The molecule has 10 heteroatoms. The Balaban J connectivity index is 1.36. The highest BCUT2D eigenvalue weighted by atomic mass is 35.5. The van der Waals surface area contributed by atoms with Crippen molar-refractivity contribution in [2.24, 2.45) is 0 Å². The molecule has 33 heavy (non-hydrogen) atoms. The SMILES string of the molecule is Cc1cc2nn(-c3ccccc3)nc2cc1NC(=S)NC(=O)c1sc2cc(Cl)ccc2c1Cl. The number of anilines is 1. The summed E-state index contributed by atoms with van der Waals surface area (Å²) in [5.41, 5.74) is 3.96. The Morgan fingerprint density at radius 3 is 2.52 bits per heavy atom. The first-order valence-corrected chi connectivity index (χ1v) is 11.8. The topological polar surface area (TPSA) is 71.8 Å². The van der Waals surface area contributed by atoms with E-state index in [2.05, 4.69) is 20.8 Å². The predicted molar refractivity (Wildman–Crippen MR) is 139 cm³/mol. The Kier molecular flexibility index (Phi) is 5.76. The van der Waals surface area contributed by atoms with Crippen molar-refractivity contribution in [1.29, 1.82) is 0 Å². The van der Waals surface area contributed by atoms with E-state index in [-0.39, 0.29) is 11.0 Å². The Bertz CT molecular complexity index is 1550. The van der Waals surface area contributed by atoms with E-state index in [9.17, 15) is 4.79 Å². The summed E-state index contributed by atoms with van der Waals surface area (Å²) in [5.74, 6) is -0.386. The molecular weight excluding hydrogens is 497 g/mol. The smallest absolute Gasteiger partial charge is 0.269 e. The number of thiocarbonyl (C=S) groups is 1. The lowest BCUT2D eigenvalue weighted by Gasteiger charge is -2.11. The number of aryl methyl sites for hydroxylation is 1. The van der Waals surface area contributed by atoms with E-state index in [1.165, 1.54) is 11.3 Å². The fraction of sp³-hybridized carbons (Fsp3) is 0.0435. The first kappa shape index (κ1) is 21.8. The van der Waals surface area contributed by atoms with Crippen LogP contribution in [0.15, 0.2) is 60.7 Å². The lowest BCUT2D eigenvalue weighted by molar-refractivity contribution is 0.0982. The van der Waals surface area contributed by atoms with Gasteiger partial charge in [-0.05, 0) is 61.1 Å². The first-order valence-electron chi connectivity index (χ1n) is 9.82. The molecule has 0 unspecified atom stereocenters. The maximum atomic E-state index is 12.8. The van der Waals surface area contributed by atoms with Crippen LogP contribution in [0.4, 0.5) is 5.69 Å². The van der Waals surface area contributed by atoms with Gasteiger partial charge in [-0.15, -0.1) is 21.5 Å². The van der Waals surface area contributed by atoms with Crippen molar-refractivity contribution >= 4 is 84.6 Å². The minimum atomic E-state index is -0.386. The molecule has 5 aromatic rings. The van der Waals surface area contributed by atoms with Gasteiger partial charge in [-0.1, -0.05) is 47.5 Å². The van der Waals surface area contributed by atoms with Crippen LogP contribution in [0.2, 0.25) is 10.0 Å². The molecule has 0 atom stereocenters. The molecule has 6 nitrogen and oxygen atoms in total. The maximum absolute atomic E-state index is 12.8. The van der Waals surface area contributed by atoms with Crippen molar-refractivity contribution in [2.75, 3.05) is 5.32 Å². The number of nitrogens with one attached hydrogen (secondary N) is 2. The lowest BCUT2D eigenvalue weighted by atomic mass is 10.2. The summed E-state index contributed by atoms with van der Waals surface area (Å²) in [4.78, 5) is 14.8. The number of hydrogen-bond acceptors (Lipinski definition) is 5. The van der Waals surface area contributed by atoms with Crippen LogP contribution in [0, 0.1) is 6.92 Å². The van der Waals surface area contributed by atoms with Crippen LogP contribution >= 0.6 is 46.8 Å². The Hall–Kier alpha value is -3.04. The lowest BCUT2D eigenvalue weighted by Crippen LogP contribution is -2.34. The van der Waals surface area contributed by atoms with Gasteiger partial charge in [0, 0.05) is 20.8 Å². The van der Waals surface area contributed by atoms with Crippen molar-refractivity contribution in [3.63, 3.8) is 0 Å². The fourth-order valence-electron chi connectivity index (χ4n) is 3.38. The summed E-state index contributed by atoms with van der Waals surface area (Å²) in [5, 5.41) is 16.8. The molecule has 2 N–H and O–H groups in total. The number of amides is 1. The van der Waals surface area contributed by atoms with Crippen molar-refractivity contribution in [1.82, 2.24) is 20.3 Å². The van der Waals surface area contributed by atoms with Gasteiger partial charge in [-0.2, -0.15) is 4.80 Å². The highest BCUT2D eigenvalue weighted by Gasteiger charge is 2.19. The van der Waals surface area contributed by atoms with E-state index in [1.807, 2.05) is 49.4 Å². The molecule has 2 heterocycles. The van der Waals surface area contributed by atoms with Gasteiger partial charge in [0.1, 0.15) is 15.9 Å². The van der Waals surface area contributed by atoms with Gasteiger partial charge >= 0.3 is 0 Å². The third kappa shape index (κ3) is 4.30. The quantitative estimate of drug-likeness (QED) is 0.275. The number of carbonyl (C=O) groups excluding carboxylic acids is 1. The number of thiophene rings is 1. The van der Waals surface area contributed by atoms with E-state index < -0.39 is 0 Å². The van der Waals surface area contributed by atoms with Crippen molar-refractivity contribution in [3.8, 4) is 5.69 Å². The third-order valence-electron chi connectivity index (χ3n) is 4.99. The second kappa shape index (κ2) is 8.72. The molecule has 0 radical (unpaired) electrons. The van der Waals surface area contributed by atoms with E-state index in [1.54, 1.807) is 23.0 Å². The highest BCUT2D eigenvalue weighted by molar-refractivity contribution is 7.80. The van der Waals surface area contributed by atoms with Crippen LogP contribution in [0.3, 0.4) is 0 Å². The van der Waals surface area contributed by atoms with E-state index >= 15 is 0 Å². The standard InChI is InChI=1S/C23H15Cl2N5OS2/c1-12-9-17-18(29-30(28-17)14-5-3-2-4-6-14)11-16(12)26-23(32)27-22(31)21-20(25)15-8-7-13(24)10-19(15)33-21/h2-11H,1H3,(H2,26,27,31,32). The average Bonchev–Trinajstić information content (AvgIpc) is 3.35. The van der Waals surface area contributed by atoms with Crippen LogP contribution in [0.5, 0.6) is 0 Å². The molecule has 0 saturated carbocycles. The van der Waals surface area contributed by atoms with E-state index in [0.29, 0.717) is 20.4 Å². The summed E-state index contributed by atoms with van der Waals surface area (Å²) >= 11 is 19.1. The summed E-state index contributed by atoms with van der Waals surface area (Å²) in [6.07, 6.45) is 0. The molecule has 3 aromatic carbocycles. The van der Waals surface area contributed by atoms with Crippen LogP contribution in [0.1, 0.15) is 15.2 Å². The van der Waals surface area contributed by atoms with Gasteiger partial charge < -0.3 is 5.32 Å². The number of hydrogen-bond donors (Lipinski definition) is 2. The maximum Gasteiger partial charge on any atom is 0.269 e. The van der Waals surface area contributed by atoms with Crippen LogP contribution < -0.4 is 10.6 Å². The molecule has 0 bridgehead atoms. The zero-order chi connectivity index (χ0) is 23.1. The summed E-state index contributed by atoms with van der Waals surface area (Å²) in [6.45, 7) is 1.93. The molecule has 0 spiro atoms. The second-order valence-electron chi connectivity index (χ2n) is 7.27. The number of rotatable bonds is 3. The van der Waals surface area contributed by atoms with Crippen LogP contribution in [-0.4, -0.2) is 26.0 Å². The number of benzene rings is 3. The molecule has 0 fully saturated rings. The third-order valence-corrected chi connectivity index (χ3v) is 7.08. The second-order valence-corrected chi connectivity index (χ2v) is 9.55. The molecule has 164 valence electrons. The summed E-state index contributed by atoms with van der Waals surface area (Å²) in [6, 6.07) is 18.8. The van der Waals surface area contributed by atoms with Gasteiger partial charge in [-0.25, -0.2) is 0 Å². The van der Waals surface area contributed by atoms with Gasteiger partial charge in [0.05, 0.1) is 10.7 Å². The molecule has 0 saturated heterocycles. The molecule has 0 aliphatic carbocycles. The normalized spacial score (nSPS) is 11.1. The summed E-state index contributed by atoms with van der Waals surface area (Å²) < 4.78 is 0.833. The van der Waals surface area contributed by atoms with Gasteiger partial charge in [0.2, 0.25) is 0 Å². The Labute approximate surface area is 208 Å². The van der Waals surface area contributed by atoms with E-state index in [0.717, 1.165) is 32.5 Å². The van der Waals surface area contributed by atoms with Crippen LogP contribution in [0.25, 0.3) is 26.8 Å². The fourth-order valence-corrected chi connectivity index (χ4v) is 5.27. The highest BCUT2D eigenvalue weighted by Crippen LogP contribution is 2.36. The molecule has 2 aromatic heterocycles. The number of fused-ring (bicyclic) bond motifs is 2. The summed E-state index contributed by atoms with van der Waals surface area (Å²) in [7, 11) is 0. The van der Waals surface area contributed by atoms with Gasteiger partial charge in [0.25, 0.3) is 5.91 Å². The molecule has 1 amide bonds. The number of nitrogens with zero attached hydrogens (tertiary/aromatic N) is 3. The zero-order valence-electron chi connectivity index (χ0n) is 17.1. The van der Waals surface area contributed by atoms with Gasteiger partial charge in [-0.3, -0.25) is 10.1 Å². The van der Waals surface area contributed by atoms with Crippen molar-refractivity contribution < 1.29 is 4.79 Å². The monoisotopic (exact) mass is 511 g/mol. The van der Waals surface area contributed by atoms with Gasteiger partial charge in [0.15, 0.2) is 5.11 Å². The Morgan fingerprint density at radius 2 is 1.76 bits per heavy atom. The number of aromatic nitrogens is 3. The minimum absolute atomic E-state index is 0.157. The first-order chi connectivity index (χ1) is 15.9. The molecule has 5 rings (SSSR count). The van der Waals surface area contributed by atoms with Crippen molar-refractivity contribution in [3.05, 3.63) is 81.1 Å². The number of halogens is 2. The molecular formula is C23H15Cl2N5OS2. The largest absolute Gasteiger partial charge is 0.332 e. The molecule has 0 aliphatic rings. The minimum Gasteiger partial charge on any atom is -0.332 e. The number of para-hydroxylation sites is 1. The average molecular weight is 512 g/mol. The van der Waals surface area contributed by atoms with Crippen LogP contribution in [-0.2, 0) is 0 Å². The molecule has 0 aliphatic heterocycles. The zero-order valence-corrected chi connectivity index (χ0v) is 20.2.